The van der Waals surface area contributed by atoms with Gasteiger partial charge in [0.15, 0.2) is 5.11 Å². The summed E-state index contributed by atoms with van der Waals surface area (Å²) in [7, 11) is 0. The van der Waals surface area contributed by atoms with Crippen LogP contribution >= 0.6 is 12.2 Å². The number of ether oxygens (including phenoxy) is 1. The molecule has 25 heavy (non-hydrogen) atoms. The Labute approximate surface area is 148 Å². The van der Waals surface area contributed by atoms with Crippen molar-refractivity contribution in [2.45, 2.75) is 6.61 Å². The van der Waals surface area contributed by atoms with E-state index in [9.17, 15) is 14.0 Å². The Morgan fingerprint density at radius 1 is 1.04 bits per heavy atom. The van der Waals surface area contributed by atoms with Crippen molar-refractivity contribution in [3.05, 3.63) is 71.0 Å². The molecular formula is C18H13FN2O3S. The SMILES string of the molecule is O=C1NC(=S)NC(=O)C1=Cc1cccc(OCc2cccc(F)c2)c1. The standard InChI is InChI=1S/C18H13FN2O3S/c19-13-5-1-4-12(7-13)10-24-14-6-2-3-11(8-14)9-15-16(22)20-18(25)21-17(15)23/h1-9H,10H2,(H2,20,21,22,23,25). The molecule has 0 bridgehead atoms. The number of carbonyl (C=O) groups is 2. The van der Waals surface area contributed by atoms with E-state index in [1.54, 1.807) is 36.4 Å². The lowest BCUT2D eigenvalue weighted by Gasteiger charge is -2.16. The van der Waals surface area contributed by atoms with Gasteiger partial charge < -0.3 is 4.74 Å². The van der Waals surface area contributed by atoms with Crippen LogP contribution in [0, 0.1) is 5.82 Å². The average molecular weight is 356 g/mol. The minimum atomic E-state index is -0.556. The second-order valence-corrected chi connectivity index (χ2v) is 5.69. The van der Waals surface area contributed by atoms with E-state index in [0.29, 0.717) is 16.9 Å². The summed E-state index contributed by atoms with van der Waals surface area (Å²) in [5.41, 5.74) is 1.27. The molecular weight excluding hydrogens is 343 g/mol. The van der Waals surface area contributed by atoms with E-state index in [2.05, 4.69) is 10.6 Å². The van der Waals surface area contributed by atoms with Crippen LogP contribution in [0.2, 0.25) is 0 Å². The first-order chi connectivity index (χ1) is 12.0. The summed E-state index contributed by atoms with van der Waals surface area (Å²) in [6, 6.07) is 13.0. The normalized spacial score (nSPS) is 14.0. The van der Waals surface area contributed by atoms with Crippen molar-refractivity contribution < 1.29 is 18.7 Å². The molecule has 2 amide bonds. The molecule has 3 rings (SSSR count). The maximum atomic E-state index is 13.2. The number of carbonyl (C=O) groups excluding carboxylic acids is 2. The number of nitrogens with one attached hydrogen (secondary N) is 2. The number of hydrogen-bond donors (Lipinski definition) is 2. The summed E-state index contributed by atoms with van der Waals surface area (Å²) in [5, 5.41) is 4.73. The summed E-state index contributed by atoms with van der Waals surface area (Å²) < 4.78 is 18.8. The first-order valence-corrected chi connectivity index (χ1v) is 7.78. The summed E-state index contributed by atoms with van der Waals surface area (Å²) in [6.45, 7) is 0.201. The Hall–Kier alpha value is -3.06. The third-order valence-corrected chi connectivity index (χ3v) is 3.61. The Balaban J connectivity index is 1.75. The quantitative estimate of drug-likeness (QED) is 0.501. The molecule has 0 unspecified atom stereocenters. The van der Waals surface area contributed by atoms with Crippen molar-refractivity contribution in [1.82, 2.24) is 10.6 Å². The largest absolute Gasteiger partial charge is 0.489 e. The van der Waals surface area contributed by atoms with Gasteiger partial charge in [-0.25, -0.2) is 4.39 Å². The maximum absolute atomic E-state index is 13.2. The summed E-state index contributed by atoms with van der Waals surface area (Å²) in [4.78, 5) is 23.7. The third kappa shape index (κ3) is 4.27. The predicted molar refractivity (Wildman–Crippen MR) is 94.0 cm³/mol. The first kappa shape index (κ1) is 16.8. The third-order valence-electron chi connectivity index (χ3n) is 3.41. The van der Waals surface area contributed by atoms with Gasteiger partial charge in [-0.05, 0) is 53.7 Å². The molecule has 1 aliphatic rings. The summed E-state index contributed by atoms with van der Waals surface area (Å²) in [6.07, 6.45) is 1.45. The van der Waals surface area contributed by atoms with Crippen LogP contribution in [0.5, 0.6) is 5.75 Å². The summed E-state index contributed by atoms with van der Waals surface area (Å²) >= 11 is 4.75. The molecule has 0 aliphatic carbocycles. The molecule has 1 heterocycles. The van der Waals surface area contributed by atoms with Crippen LogP contribution in [0.15, 0.2) is 54.1 Å². The highest BCUT2D eigenvalue weighted by Gasteiger charge is 2.25. The molecule has 1 fully saturated rings. The van der Waals surface area contributed by atoms with E-state index < -0.39 is 11.8 Å². The van der Waals surface area contributed by atoms with Crippen LogP contribution in [-0.4, -0.2) is 16.9 Å². The van der Waals surface area contributed by atoms with Crippen LogP contribution in [0.25, 0.3) is 6.08 Å². The number of amides is 2. The lowest BCUT2D eigenvalue weighted by molar-refractivity contribution is -0.123. The second kappa shape index (κ2) is 7.23. The van der Waals surface area contributed by atoms with Crippen molar-refractivity contribution in [3.63, 3.8) is 0 Å². The number of rotatable bonds is 4. The fraction of sp³-hybridized carbons (Fsp3) is 0.0556. The highest BCUT2D eigenvalue weighted by molar-refractivity contribution is 7.80. The monoisotopic (exact) mass is 356 g/mol. The van der Waals surface area contributed by atoms with Crippen molar-refractivity contribution in [3.8, 4) is 5.75 Å². The van der Waals surface area contributed by atoms with Crippen molar-refractivity contribution in [2.24, 2.45) is 0 Å². The molecule has 0 saturated carbocycles. The van der Waals surface area contributed by atoms with Crippen molar-refractivity contribution in [1.29, 1.82) is 0 Å². The maximum Gasteiger partial charge on any atom is 0.263 e. The van der Waals surface area contributed by atoms with E-state index >= 15 is 0 Å². The van der Waals surface area contributed by atoms with Crippen molar-refractivity contribution in [2.75, 3.05) is 0 Å². The zero-order valence-electron chi connectivity index (χ0n) is 12.9. The van der Waals surface area contributed by atoms with Gasteiger partial charge in [-0.3, -0.25) is 20.2 Å². The molecule has 0 spiro atoms. The summed E-state index contributed by atoms with van der Waals surface area (Å²) in [5.74, 6) is -0.905. The topological polar surface area (TPSA) is 67.4 Å². The lowest BCUT2D eigenvalue weighted by Crippen LogP contribution is -2.51. The molecule has 0 atom stereocenters. The molecule has 0 radical (unpaired) electrons. The second-order valence-electron chi connectivity index (χ2n) is 5.29. The van der Waals surface area contributed by atoms with Gasteiger partial charge in [0, 0.05) is 0 Å². The van der Waals surface area contributed by atoms with Gasteiger partial charge in [-0.1, -0.05) is 24.3 Å². The van der Waals surface area contributed by atoms with E-state index in [0.717, 1.165) is 0 Å². The Morgan fingerprint density at radius 3 is 2.48 bits per heavy atom. The first-order valence-electron chi connectivity index (χ1n) is 7.37. The molecule has 1 saturated heterocycles. The van der Waals surface area contributed by atoms with Crippen LogP contribution in [-0.2, 0) is 16.2 Å². The Bertz CT molecular complexity index is 873. The van der Waals surface area contributed by atoms with Gasteiger partial charge in [0.05, 0.1) is 0 Å². The number of hydrogen-bond acceptors (Lipinski definition) is 4. The van der Waals surface area contributed by atoms with E-state index in [-0.39, 0.29) is 23.1 Å². The zero-order valence-corrected chi connectivity index (χ0v) is 13.7. The molecule has 0 aromatic heterocycles. The molecule has 2 aromatic rings. The fourth-order valence-electron chi connectivity index (χ4n) is 2.26. The molecule has 126 valence electrons. The number of thiocarbonyl (C=S) groups is 1. The van der Waals surface area contributed by atoms with E-state index in [1.807, 2.05) is 0 Å². The average Bonchev–Trinajstić information content (AvgIpc) is 2.57. The molecule has 1 aliphatic heterocycles. The minimum absolute atomic E-state index is 0.0145. The van der Waals surface area contributed by atoms with Gasteiger partial charge in [0.25, 0.3) is 11.8 Å². The molecule has 7 heteroatoms. The molecule has 5 nitrogen and oxygen atoms in total. The highest BCUT2D eigenvalue weighted by atomic mass is 32.1. The van der Waals surface area contributed by atoms with Crippen LogP contribution in [0.1, 0.15) is 11.1 Å². The number of halogens is 1. The zero-order chi connectivity index (χ0) is 17.8. The lowest BCUT2D eigenvalue weighted by atomic mass is 10.1. The van der Waals surface area contributed by atoms with Gasteiger partial charge >= 0.3 is 0 Å². The van der Waals surface area contributed by atoms with E-state index in [4.69, 9.17) is 17.0 Å². The Morgan fingerprint density at radius 2 is 1.76 bits per heavy atom. The van der Waals surface area contributed by atoms with Gasteiger partial charge in [0.1, 0.15) is 23.7 Å². The predicted octanol–water partition coefficient (Wildman–Crippen LogP) is 2.32. The van der Waals surface area contributed by atoms with Crippen LogP contribution in [0.4, 0.5) is 4.39 Å². The van der Waals surface area contributed by atoms with Gasteiger partial charge in [-0.2, -0.15) is 0 Å². The Kier molecular flexibility index (Phi) is 4.85. The van der Waals surface area contributed by atoms with Crippen LogP contribution < -0.4 is 15.4 Å². The van der Waals surface area contributed by atoms with Crippen molar-refractivity contribution >= 4 is 35.2 Å². The van der Waals surface area contributed by atoms with E-state index in [1.165, 1.54) is 18.2 Å². The van der Waals surface area contributed by atoms with Gasteiger partial charge in [-0.15, -0.1) is 0 Å². The smallest absolute Gasteiger partial charge is 0.263 e. The molecule has 2 aromatic carbocycles. The molecule has 2 N–H and O–H groups in total. The number of benzene rings is 2. The van der Waals surface area contributed by atoms with Gasteiger partial charge in [0.2, 0.25) is 0 Å². The highest BCUT2D eigenvalue weighted by Crippen LogP contribution is 2.18. The van der Waals surface area contributed by atoms with Crippen LogP contribution in [0.3, 0.4) is 0 Å². The fourth-order valence-corrected chi connectivity index (χ4v) is 2.45. The minimum Gasteiger partial charge on any atom is -0.489 e.